The molecule has 2 aromatic carbocycles. The first-order valence-corrected chi connectivity index (χ1v) is 7.72. The summed E-state index contributed by atoms with van der Waals surface area (Å²) in [5.41, 5.74) is 3.09. The third kappa shape index (κ3) is 2.81. The molecule has 2 aromatic heterocycles. The molecule has 0 saturated heterocycles. The number of anilines is 1. The number of imidazole rings is 1. The van der Waals surface area contributed by atoms with E-state index in [0.29, 0.717) is 28.2 Å². The Morgan fingerprint density at radius 3 is 2.44 bits per heavy atom. The minimum atomic E-state index is -0.275. The minimum Gasteiger partial charge on any atom is -0.426 e. The Morgan fingerprint density at radius 1 is 0.960 bits per heavy atom. The fraction of sp³-hybridized carbons (Fsp3) is 0. The van der Waals surface area contributed by atoms with Gasteiger partial charge in [0.2, 0.25) is 0 Å². The van der Waals surface area contributed by atoms with Gasteiger partial charge < -0.3 is 10.5 Å². The first-order chi connectivity index (χ1) is 12.2. The van der Waals surface area contributed by atoms with Crippen LogP contribution >= 0.6 is 0 Å². The molecular weight excluding hydrogens is 316 g/mol. The molecule has 2 heterocycles. The normalized spacial score (nSPS) is 10.7. The first kappa shape index (κ1) is 14.9. The molecule has 25 heavy (non-hydrogen) atoms. The number of rotatable bonds is 3. The van der Waals surface area contributed by atoms with E-state index < -0.39 is 0 Å². The van der Waals surface area contributed by atoms with Gasteiger partial charge in [-0.15, -0.1) is 0 Å². The predicted molar refractivity (Wildman–Crippen MR) is 94.5 cm³/mol. The highest BCUT2D eigenvalue weighted by atomic mass is 16.5. The number of carbonyl (C=O) groups is 1. The number of para-hydroxylation sites is 2. The highest BCUT2D eigenvalue weighted by Crippen LogP contribution is 2.24. The lowest BCUT2D eigenvalue weighted by molar-refractivity contribution is 0.102. The van der Waals surface area contributed by atoms with E-state index in [-0.39, 0.29) is 5.91 Å². The predicted octanol–water partition coefficient (Wildman–Crippen LogP) is 3.59. The summed E-state index contributed by atoms with van der Waals surface area (Å²) in [7, 11) is 0. The zero-order chi connectivity index (χ0) is 17.2. The highest BCUT2D eigenvalue weighted by Gasteiger charge is 2.12. The summed E-state index contributed by atoms with van der Waals surface area (Å²) >= 11 is 0. The van der Waals surface area contributed by atoms with Gasteiger partial charge in [0, 0.05) is 17.4 Å². The number of nitrogens with one attached hydrogen (secondary N) is 1. The summed E-state index contributed by atoms with van der Waals surface area (Å²) in [5.74, 6) is 0.173. The molecule has 0 aliphatic rings. The topological polar surface area (TPSA) is 80.0 Å². The van der Waals surface area contributed by atoms with Gasteiger partial charge in [-0.2, -0.15) is 4.73 Å². The summed E-state index contributed by atoms with van der Waals surface area (Å²) in [4.78, 5) is 20.6. The zero-order valence-electron chi connectivity index (χ0n) is 13.1. The molecule has 4 rings (SSSR count). The van der Waals surface area contributed by atoms with Gasteiger partial charge >= 0.3 is 0 Å². The van der Waals surface area contributed by atoms with Gasteiger partial charge in [0.15, 0.2) is 5.82 Å². The Morgan fingerprint density at radius 2 is 1.72 bits per heavy atom. The number of aromatic nitrogens is 3. The Balaban J connectivity index is 1.59. The van der Waals surface area contributed by atoms with Crippen molar-refractivity contribution >= 4 is 22.6 Å². The maximum atomic E-state index is 12.1. The van der Waals surface area contributed by atoms with Crippen molar-refractivity contribution in [1.29, 1.82) is 0 Å². The molecule has 0 aliphatic heterocycles. The number of carbonyl (C=O) groups excluding carboxylic acids is 1. The van der Waals surface area contributed by atoms with Gasteiger partial charge in [0.1, 0.15) is 11.2 Å². The quantitative estimate of drug-likeness (QED) is 0.563. The van der Waals surface area contributed by atoms with Crippen molar-refractivity contribution in [2.45, 2.75) is 0 Å². The van der Waals surface area contributed by atoms with Crippen LogP contribution < -0.4 is 5.32 Å². The van der Waals surface area contributed by atoms with E-state index in [0.717, 1.165) is 10.3 Å². The van der Waals surface area contributed by atoms with Crippen LogP contribution in [0.15, 0.2) is 72.9 Å². The summed E-state index contributed by atoms with van der Waals surface area (Å²) in [6, 6.07) is 19.6. The molecule has 122 valence electrons. The van der Waals surface area contributed by atoms with Gasteiger partial charge in [0.05, 0.1) is 5.52 Å². The lowest BCUT2D eigenvalue weighted by Crippen LogP contribution is -2.13. The van der Waals surface area contributed by atoms with Gasteiger partial charge in [0.25, 0.3) is 5.91 Å². The van der Waals surface area contributed by atoms with Gasteiger partial charge in [-0.1, -0.05) is 18.2 Å². The molecule has 2 N–H and O–H groups in total. The number of fused-ring (bicyclic) bond motifs is 1. The van der Waals surface area contributed by atoms with Gasteiger partial charge in [-0.05, 0) is 48.5 Å². The number of amides is 1. The summed E-state index contributed by atoms with van der Waals surface area (Å²) < 4.78 is 1.07. The van der Waals surface area contributed by atoms with E-state index in [1.165, 1.54) is 0 Å². The van der Waals surface area contributed by atoms with Crippen LogP contribution in [0.4, 0.5) is 5.69 Å². The maximum Gasteiger partial charge on any atom is 0.274 e. The number of nitrogens with zero attached hydrogens (tertiary/aromatic N) is 3. The Bertz CT molecular complexity index is 1040. The van der Waals surface area contributed by atoms with Crippen LogP contribution in [0.3, 0.4) is 0 Å². The second kappa shape index (κ2) is 6.09. The summed E-state index contributed by atoms with van der Waals surface area (Å²) in [6.45, 7) is 0. The van der Waals surface area contributed by atoms with E-state index in [4.69, 9.17) is 0 Å². The van der Waals surface area contributed by atoms with E-state index >= 15 is 0 Å². The standard InChI is InChI=1S/C19H14N4O2/c24-19(16-6-3-4-12-20-16)21-14-10-8-13(9-11-14)18-22-15-5-1-2-7-17(15)23(18)25/h1-12,25H,(H,21,24). The van der Waals surface area contributed by atoms with Crippen LogP contribution in [0.2, 0.25) is 0 Å². The molecule has 4 aromatic rings. The third-order valence-electron chi connectivity index (χ3n) is 3.84. The lowest BCUT2D eigenvalue weighted by Gasteiger charge is -2.06. The first-order valence-electron chi connectivity index (χ1n) is 7.72. The second-order valence-electron chi connectivity index (χ2n) is 5.48. The molecule has 6 heteroatoms. The van der Waals surface area contributed by atoms with Gasteiger partial charge in [-0.25, -0.2) is 4.98 Å². The van der Waals surface area contributed by atoms with Crippen LogP contribution in [0, 0.1) is 0 Å². The molecule has 0 atom stereocenters. The van der Waals surface area contributed by atoms with Crippen molar-refractivity contribution in [1.82, 2.24) is 14.7 Å². The fourth-order valence-electron chi connectivity index (χ4n) is 2.60. The lowest BCUT2D eigenvalue weighted by atomic mass is 10.2. The van der Waals surface area contributed by atoms with E-state index in [2.05, 4.69) is 15.3 Å². The van der Waals surface area contributed by atoms with Gasteiger partial charge in [-0.3, -0.25) is 9.78 Å². The molecule has 0 fully saturated rings. The average Bonchev–Trinajstić information content (AvgIpc) is 3.00. The molecular formula is C19H14N4O2. The van der Waals surface area contributed by atoms with Crippen LogP contribution in [-0.2, 0) is 0 Å². The van der Waals surface area contributed by atoms with Crippen molar-refractivity contribution in [3.8, 4) is 11.4 Å². The Labute approximate surface area is 143 Å². The molecule has 0 spiro atoms. The van der Waals surface area contributed by atoms with Crippen molar-refractivity contribution in [2.75, 3.05) is 5.32 Å². The van der Waals surface area contributed by atoms with Crippen LogP contribution in [0.5, 0.6) is 0 Å². The smallest absolute Gasteiger partial charge is 0.274 e. The Kier molecular flexibility index (Phi) is 3.63. The molecule has 0 aliphatic carbocycles. The highest BCUT2D eigenvalue weighted by molar-refractivity contribution is 6.02. The van der Waals surface area contributed by atoms with Crippen LogP contribution in [0.1, 0.15) is 10.5 Å². The second-order valence-corrected chi connectivity index (χ2v) is 5.48. The zero-order valence-corrected chi connectivity index (χ0v) is 13.1. The molecule has 1 amide bonds. The third-order valence-corrected chi connectivity index (χ3v) is 3.84. The van der Waals surface area contributed by atoms with Crippen LogP contribution in [0.25, 0.3) is 22.4 Å². The monoisotopic (exact) mass is 330 g/mol. The number of hydrogen-bond acceptors (Lipinski definition) is 4. The number of hydrogen-bond donors (Lipinski definition) is 2. The van der Waals surface area contributed by atoms with Crippen molar-refractivity contribution in [3.05, 3.63) is 78.6 Å². The largest absolute Gasteiger partial charge is 0.426 e. The number of benzene rings is 2. The molecule has 0 bridgehead atoms. The fourth-order valence-corrected chi connectivity index (χ4v) is 2.60. The van der Waals surface area contributed by atoms with E-state index in [1.807, 2.05) is 18.2 Å². The van der Waals surface area contributed by atoms with Crippen molar-refractivity contribution in [2.24, 2.45) is 0 Å². The summed E-state index contributed by atoms with van der Waals surface area (Å²) in [6.07, 6.45) is 1.57. The van der Waals surface area contributed by atoms with E-state index in [1.54, 1.807) is 54.7 Å². The van der Waals surface area contributed by atoms with Crippen LogP contribution in [-0.4, -0.2) is 25.8 Å². The van der Waals surface area contributed by atoms with Crippen molar-refractivity contribution in [3.63, 3.8) is 0 Å². The maximum absolute atomic E-state index is 12.1. The average molecular weight is 330 g/mol. The summed E-state index contributed by atoms with van der Waals surface area (Å²) in [5, 5.41) is 13.1. The molecule has 0 unspecified atom stereocenters. The van der Waals surface area contributed by atoms with Crippen molar-refractivity contribution < 1.29 is 10.0 Å². The Hall–Kier alpha value is -3.67. The number of pyridine rings is 1. The molecule has 6 nitrogen and oxygen atoms in total. The molecule has 0 radical (unpaired) electrons. The van der Waals surface area contributed by atoms with E-state index in [9.17, 15) is 10.0 Å². The SMILES string of the molecule is O=C(Nc1ccc(-c2nc3ccccc3n2O)cc1)c1ccccn1. The molecule has 0 saturated carbocycles. The minimum absolute atomic E-state index is 0.275.